The molecule has 3 nitrogen and oxygen atoms in total. The molecule has 16 heavy (non-hydrogen) atoms. The maximum Gasteiger partial charge on any atom is 0.227 e. The number of hydrogen-bond donors (Lipinski definition) is 1. The van der Waals surface area contributed by atoms with E-state index >= 15 is 0 Å². The van der Waals surface area contributed by atoms with E-state index in [1.165, 1.54) is 5.56 Å². The smallest absolute Gasteiger partial charge is 0.227 e. The molecule has 1 amide bonds. The molecule has 0 bridgehead atoms. The van der Waals surface area contributed by atoms with Gasteiger partial charge in [-0.1, -0.05) is 30.3 Å². The maximum atomic E-state index is 11.2. The molecular weight excluding hydrogens is 202 g/mol. The van der Waals surface area contributed by atoms with Gasteiger partial charge in [0.15, 0.2) is 0 Å². The highest BCUT2D eigenvalue weighted by atomic mass is 16.5. The Labute approximate surface area is 95.8 Å². The SMILES string of the molecule is CC1(CCOCc2ccccc2)CNC1=O. The van der Waals surface area contributed by atoms with Crippen molar-refractivity contribution in [2.75, 3.05) is 13.2 Å². The van der Waals surface area contributed by atoms with Crippen LogP contribution in [-0.2, 0) is 16.1 Å². The Kier molecular flexibility index (Phi) is 3.25. The number of carbonyl (C=O) groups is 1. The van der Waals surface area contributed by atoms with E-state index < -0.39 is 0 Å². The average Bonchev–Trinajstić information content (AvgIpc) is 2.34. The molecule has 1 N–H and O–H groups in total. The zero-order chi connectivity index (χ0) is 11.4. The van der Waals surface area contributed by atoms with Crippen molar-refractivity contribution < 1.29 is 9.53 Å². The van der Waals surface area contributed by atoms with Gasteiger partial charge in [0.1, 0.15) is 0 Å². The molecular formula is C13H17NO2. The summed E-state index contributed by atoms with van der Waals surface area (Å²) >= 11 is 0. The van der Waals surface area contributed by atoms with Crippen LogP contribution in [0.1, 0.15) is 18.9 Å². The summed E-state index contributed by atoms with van der Waals surface area (Å²) in [5.74, 6) is 0.149. The van der Waals surface area contributed by atoms with Crippen molar-refractivity contribution in [3.8, 4) is 0 Å². The molecule has 1 aliphatic heterocycles. The van der Waals surface area contributed by atoms with Gasteiger partial charge in [0.05, 0.1) is 12.0 Å². The fourth-order valence-corrected chi connectivity index (χ4v) is 1.73. The summed E-state index contributed by atoms with van der Waals surface area (Å²) in [5, 5.41) is 2.76. The number of carbonyl (C=O) groups excluding carboxylic acids is 1. The molecule has 1 aliphatic rings. The molecule has 0 aromatic heterocycles. The minimum Gasteiger partial charge on any atom is -0.377 e. The van der Waals surface area contributed by atoms with Crippen molar-refractivity contribution >= 4 is 5.91 Å². The van der Waals surface area contributed by atoms with Crippen molar-refractivity contribution in [2.24, 2.45) is 5.41 Å². The number of amides is 1. The first-order valence-electron chi connectivity index (χ1n) is 5.61. The fraction of sp³-hybridized carbons (Fsp3) is 0.462. The lowest BCUT2D eigenvalue weighted by molar-refractivity contribution is -0.140. The van der Waals surface area contributed by atoms with Gasteiger partial charge in [0, 0.05) is 13.2 Å². The van der Waals surface area contributed by atoms with Crippen molar-refractivity contribution in [3.05, 3.63) is 35.9 Å². The zero-order valence-corrected chi connectivity index (χ0v) is 9.53. The second-order valence-electron chi connectivity index (χ2n) is 4.53. The maximum absolute atomic E-state index is 11.2. The first-order valence-corrected chi connectivity index (χ1v) is 5.61. The van der Waals surface area contributed by atoms with E-state index in [0.717, 1.165) is 13.0 Å². The van der Waals surface area contributed by atoms with E-state index in [-0.39, 0.29) is 11.3 Å². The molecule has 0 spiro atoms. The summed E-state index contributed by atoms with van der Waals surface area (Å²) < 4.78 is 5.56. The van der Waals surface area contributed by atoms with Crippen LogP contribution in [0.4, 0.5) is 0 Å². The number of nitrogens with one attached hydrogen (secondary N) is 1. The topological polar surface area (TPSA) is 38.3 Å². The number of β-lactam (4-membered cyclic amide) rings is 1. The van der Waals surface area contributed by atoms with Crippen LogP contribution in [0.15, 0.2) is 30.3 Å². The number of hydrogen-bond acceptors (Lipinski definition) is 2. The molecule has 0 aliphatic carbocycles. The predicted octanol–water partition coefficient (Wildman–Crippen LogP) is 1.73. The Morgan fingerprint density at radius 3 is 2.69 bits per heavy atom. The second kappa shape index (κ2) is 4.66. The third-order valence-electron chi connectivity index (χ3n) is 3.10. The molecule has 1 heterocycles. The van der Waals surface area contributed by atoms with Gasteiger partial charge >= 0.3 is 0 Å². The summed E-state index contributed by atoms with van der Waals surface area (Å²) in [4.78, 5) is 11.2. The Hall–Kier alpha value is -1.35. The average molecular weight is 219 g/mol. The van der Waals surface area contributed by atoms with E-state index in [4.69, 9.17) is 4.74 Å². The number of ether oxygens (including phenoxy) is 1. The second-order valence-corrected chi connectivity index (χ2v) is 4.53. The summed E-state index contributed by atoms with van der Waals surface area (Å²) in [6.07, 6.45) is 0.797. The molecule has 3 heteroatoms. The van der Waals surface area contributed by atoms with E-state index in [2.05, 4.69) is 5.32 Å². The third-order valence-corrected chi connectivity index (χ3v) is 3.10. The van der Waals surface area contributed by atoms with Gasteiger partial charge in [0.25, 0.3) is 0 Å². The first-order chi connectivity index (χ1) is 7.71. The van der Waals surface area contributed by atoms with Gasteiger partial charge in [-0.15, -0.1) is 0 Å². The van der Waals surface area contributed by atoms with E-state index in [1.54, 1.807) is 0 Å². The molecule has 2 rings (SSSR count). The highest BCUT2D eigenvalue weighted by Gasteiger charge is 2.40. The highest BCUT2D eigenvalue weighted by molar-refractivity contribution is 5.88. The van der Waals surface area contributed by atoms with Crippen LogP contribution in [0.5, 0.6) is 0 Å². The normalized spacial score (nSPS) is 23.7. The fourth-order valence-electron chi connectivity index (χ4n) is 1.73. The van der Waals surface area contributed by atoms with Crippen LogP contribution in [0.2, 0.25) is 0 Å². The molecule has 0 saturated carbocycles. The Balaban J connectivity index is 1.68. The van der Waals surface area contributed by atoms with E-state index in [1.807, 2.05) is 37.3 Å². The molecule has 1 unspecified atom stereocenters. The lowest BCUT2D eigenvalue weighted by Crippen LogP contribution is -2.57. The Morgan fingerprint density at radius 1 is 1.38 bits per heavy atom. The summed E-state index contributed by atoms with van der Waals surface area (Å²) in [5.41, 5.74) is 0.974. The number of rotatable bonds is 5. The zero-order valence-electron chi connectivity index (χ0n) is 9.53. The lowest BCUT2D eigenvalue weighted by atomic mass is 9.80. The van der Waals surface area contributed by atoms with Crippen molar-refractivity contribution in [1.82, 2.24) is 5.32 Å². The summed E-state index contributed by atoms with van der Waals surface area (Å²) in [6, 6.07) is 10.1. The van der Waals surface area contributed by atoms with Crippen LogP contribution >= 0.6 is 0 Å². The number of benzene rings is 1. The molecule has 1 saturated heterocycles. The Bertz CT molecular complexity index is 363. The van der Waals surface area contributed by atoms with Crippen molar-refractivity contribution in [2.45, 2.75) is 20.0 Å². The summed E-state index contributed by atoms with van der Waals surface area (Å²) in [6.45, 7) is 4.02. The van der Waals surface area contributed by atoms with Crippen molar-refractivity contribution in [1.29, 1.82) is 0 Å². The molecule has 1 atom stereocenters. The standard InChI is InChI=1S/C13H17NO2/c1-13(10-14-12(13)15)7-8-16-9-11-5-3-2-4-6-11/h2-6H,7-10H2,1H3,(H,14,15). The molecule has 1 aromatic rings. The van der Waals surface area contributed by atoms with Crippen LogP contribution in [0.3, 0.4) is 0 Å². The molecule has 0 radical (unpaired) electrons. The molecule has 86 valence electrons. The van der Waals surface area contributed by atoms with Gasteiger partial charge in [-0.3, -0.25) is 4.79 Å². The van der Waals surface area contributed by atoms with Gasteiger partial charge in [-0.05, 0) is 18.9 Å². The van der Waals surface area contributed by atoms with Gasteiger partial charge < -0.3 is 10.1 Å². The van der Waals surface area contributed by atoms with E-state index in [9.17, 15) is 4.79 Å². The predicted molar refractivity (Wildman–Crippen MR) is 61.8 cm³/mol. The van der Waals surface area contributed by atoms with Crippen LogP contribution in [-0.4, -0.2) is 19.1 Å². The lowest BCUT2D eigenvalue weighted by Gasteiger charge is -2.37. The van der Waals surface area contributed by atoms with Crippen LogP contribution < -0.4 is 5.32 Å². The highest BCUT2D eigenvalue weighted by Crippen LogP contribution is 2.27. The van der Waals surface area contributed by atoms with Crippen LogP contribution in [0.25, 0.3) is 0 Å². The quantitative estimate of drug-likeness (QED) is 0.605. The van der Waals surface area contributed by atoms with Crippen LogP contribution in [0, 0.1) is 5.41 Å². The first kappa shape index (κ1) is 11.1. The van der Waals surface area contributed by atoms with Gasteiger partial charge in [0.2, 0.25) is 5.91 Å². The minimum absolute atomic E-state index is 0.149. The molecule has 1 fully saturated rings. The summed E-state index contributed by atoms with van der Waals surface area (Å²) in [7, 11) is 0. The van der Waals surface area contributed by atoms with E-state index in [0.29, 0.717) is 13.2 Å². The third kappa shape index (κ3) is 2.42. The minimum atomic E-state index is -0.198. The molecule has 1 aromatic carbocycles. The van der Waals surface area contributed by atoms with Gasteiger partial charge in [-0.2, -0.15) is 0 Å². The largest absolute Gasteiger partial charge is 0.377 e. The van der Waals surface area contributed by atoms with Crippen molar-refractivity contribution in [3.63, 3.8) is 0 Å². The van der Waals surface area contributed by atoms with Gasteiger partial charge in [-0.25, -0.2) is 0 Å². The monoisotopic (exact) mass is 219 g/mol. The Morgan fingerprint density at radius 2 is 2.12 bits per heavy atom.